The van der Waals surface area contributed by atoms with Crippen molar-refractivity contribution in [2.24, 2.45) is 11.8 Å². The Kier molecular flexibility index (Phi) is 4.04. The van der Waals surface area contributed by atoms with Gasteiger partial charge in [0, 0.05) is 18.6 Å². The second kappa shape index (κ2) is 5.53. The maximum absolute atomic E-state index is 13.2. The van der Waals surface area contributed by atoms with Gasteiger partial charge in [-0.3, -0.25) is 11.3 Å². The van der Waals surface area contributed by atoms with Gasteiger partial charge in [-0.15, -0.1) is 0 Å². The molecule has 0 bridgehead atoms. The second-order valence-electron chi connectivity index (χ2n) is 4.32. The number of rotatable bonds is 3. The lowest BCUT2D eigenvalue weighted by molar-refractivity contribution is 0.0389. The van der Waals surface area contributed by atoms with E-state index in [-0.39, 0.29) is 12.0 Å². The van der Waals surface area contributed by atoms with E-state index in [0.717, 1.165) is 25.5 Å². The molecule has 3 nitrogen and oxygen atoms in total. The summed E-state index contributed by atoms with van der Waals surface area (Å²) in [6.45, 7) is 1.30. The van der Waals surface area contributed by atoms with Gasteiger partial charge in [-0.1, -0.05) is 0 Å². The number of hydrogen-bond donors (Lipinski definition) is 2. The molecule has 1 aromatic rings. The maximum atomic E-state index is 13.2. The third-order valence-corrected chi connectivity index (χ3v) is 3.09. The number of halogens is 2. The molecule has 0 radical (unpaired) electrons. The normalized spacial score (nSPS) is 22.4. The zero-order valence-corrected chi connectivity index (χ0v) is 9.46. The molecule has 0 aliphatic carbocycles. The predicted octanol–water partition coefficient (Wildman–Crippen LogP) is 1.90. The van der Waals surface area contributed by atoms with Gasteiger partial charge in [0.25, 0.3) is 0 Å². The molecule has 2 atom stereocenters. The van der Waals surface area contributed by atoms with Crippen molar-refractivity contribution in [2.75, 3.05) is 13.2 Å². The van der Waals surface area contributed by atoms with Gasteiger partial charge in [-0.05, 0) is 30.5 Å². The molecular formula is C12H16F2N2O. The fourth-order valence-electron chi connectivity index (χ4n) is 2.29. The van der Waals surface area contributed by atoms with Crippen LogP contribution in [0.2, 0.25) is 0 Å². The number of hydrazine groups is 1. The Morgan fingerprint density at radius 1 is 1.29 bits per heavy atom. The van der Waals surface area contributed by atoms with Crippen molar-refractivity contribution in [3.63, 3.8) is 0 Å². The first kappa shape index (κ1) is 12.4. The van der Waals surface area contributed by atoms with Crippen molar-refractivity contribution in [3.05, 3.63) is 35.4 Å². The standard InChI is InChI=1S/C12H16F2N2O/c13-10-4-9(5-11(14)6-10)12(16-15)8-2-1-3-17-7-8/h4-6,8,12,16H,1-3,7,15H2. The molecule has 1 aromatic carbocycles. The van der Waals surface area contributed by atoms with E-state index in [2.05, 4.69) is 5.43 Å². The highest BCUT2D eigenvalue weighted by Gasteiger charge is 2.25. The summed E-state index contributed by atoms with van der Waals surface area (Å²) in [6.07, 6.45) is 1.88. The molecule has 0 spiro atoms. The van der Waals surface area contributed by atoms with Crippen molar-refractivity contribution in [2.45, 2.75) is 18.9 Å². The lowest BCUT2D eigenvalue weighted by Crippen LogP contribution is -2.37. The van der Waals surface area contributed by atoms with Crippen molar-refractivity contribution in [1.82, 2.24) is 5.43 Å². The Bertz CT molecular complexity index is 361. The summed E-state index contributed by atoms with van der Waals surface area (Å²) in [5, 5.41) is 0. The first-order valence-corrected chi connectivity index (χ1v) is 5.70. The summed E-state index contributed by atoms with van der Waals surface area (Å²) in [6, 6.07) is 3.19. The Hall–Kier alpha value is -1.04. The average molecular weight is 242 g/mol. The quantitative estimate of drug-likeness (QED) is 0.628. The molecule has 1 heterocycles. The van der Waals surface area contributed by atoms with Crippen LogP contribution in [0.4, 0.5) is 8.78 Å². The first-order valence-electron chi connectivity index (χ1n) is 5.70. The molecular weight excluding hydrogens is 226 g/mol. The van der Waals surface area contributed by atoms with Crippen LogP contribution in [-0.2, 0) is 4.74 Å². The van der Waals surface area contributed by atoms with Gasteiger partial charge < -0.3 is 4.74 Å². The highest BCUT2D eigenvalue weighted by Crippen LogP contribution is 2.29. The smallest absolute Gasteiger partial charge is 0.126 e. The zero-order valence-electron chi connectivity index (χ0n) is 9.46. The topological polar surface area (TPSA) is 47.3 Å². The average Bonchev–Trinajstić information content (AvgIpc) is 2.30. The van der Waals surface area contributed by atoms with Crippen molar-refractivity contribution >= 4 is 0 Å². The largest absolute Gasteiger partial charge is 0.381 e. The van der Waals surface area contributed by atoms with E-state index >= 15 is 0 Å². The van der Waals surface area contributed by atoms with Crippen molar-refractivity contribution < 1.29 is 13.5 Å². The van der Waals surface area contributed by atoms with Crippen LogP contribution in [0.15, 0.2) is 18.2 Å². The van der Waals surface area contributed by atoms with Gasteiger partial charge in [0.05, 0.1) is 12.6 Å². The Morgan fingerprint density at radius 2 is 2.00 bits per heavy atom. The minimum Gasteiger partial charge on any atom is -0.381 e. The lowest BCUT2D eigenvalue weighted by atomic mass is 9.89. The van der Waals surface area contributed by atoms with Crippen LogP contribution in [0, 0.1) is 17.6 Å². The summed E-state index contributed by atoms with van der Waals surface area (Å²) < 4.78 is 31.7. The van der Waals surface area contributed by atoms with Gasteiger partial charge in [-0.2, -0.15) is 0 Å². The van der Waals surface area contributed by atoms with Crippen LogP contribution in [0.5, 0.6) is 0 Å². The van der Waals surface area contributed by atoms with Gasteiger partial charge in [0.15, 0.2) is 0 Å². The molecule has 2 unspecified atom stereocenters. The summed E-state index contributed by atoms with van der Waals surface area (Å²) >= 11 is 0. The third-order valence-electron chi connectivity index (χ3n) is 3.09. The first-order chi connectivity index (χ1) is 8.20. The molecule has 94 valence electrons. The number of ether oxygens (including phenoxy) is 1. The van der Waals surface area contributed by atoms with E-state index in [1.807, 2.05) is 0 Å². The Morgan fingerprint density at radius 3 is 2.53 bits per heavy atom. The van der Waals surface area contributed by atoms with Gasteiger partial charge in [-0.25, -0.2) is 8.78 Å². The number of nitrogens with one attached hydrogen (secondary N) is 1. The van der Waals surface area contributed by atoms with E-state index in [1.54, 1.807) is 0 Å². The number of hydrogen-bond acceptors (Lipinski definition) is 3. The molecule has 0 saturated carbocycles. The minimum absolute atomic E-state index is 0.148. The minimum atomic E-state index is -0.586. The number of nitrogens with two attached hydrogens (primary N) is 1. The molecule has 0 aromatic heterocycles. The summed E-state index contributed by atoms with van der Waals surface area (Å²) in [4.78, 5) is 0. The molecule has 3 N–H and O–H groups in total. The molecule has 5 heteroatoms. The molecule has 1 fully saturated rings. The molecule has 1 saturated heterocycles. The van der Waals surface area contributed by atoms with Crippen LogP contribution in [0.1, 0.15) is 24.4 Å². The second-order valence-corrected chi connectivity index (χ2v) is 4.32. The van der Waals surface area contributed by atoms with Crippen LogP contribution in [0.25, 0.3) is 0 Å². The fourth-order valence-corrected chi connectivity index (χ4v) is 2.29. The van der Waals surface area contributed by atoms with E-state index in [0.29, 0.717) is 12.2 Å². The van der Waals surface area contributed by atoms with E-state index in [9.17, 15) is 8.78 Å². The molecule has 2 rings (SSSR count). The van der Waals surface area contributed by atoms with Crippen LogP contribution in [0.3, 0.4) is 0 Å². The summed E-state index contributed by atoms with van der Waals surface area (Å²) in [7, 11) is 0. The molecule has 1 aliphatic heterocycles. The zero-order chi connectivity index (χ0) is 12.3. The number of benzene rings is 1. The monoisotopic (exact) mass is 242 g/mol. The predicted molar refractivity (Wildman–Crippen MR) is 60.0 cm³/mol. The highest BCUT2D eigenvalue weighted by molar-refractivity contribution is 5.22. The third kappa shape index (κ3) is 3.00. The summed E-state index contributed by atoms with van der Waals surface area (Å²) in [5.74, 6) is 4.46. The van der Waals surface area contributed by atoms with Gasteiger partial charge in [0.2, 0.25) is 0 Å². The van der Waals surface area contributed by atoms with Crippen LogP contribution >= 0.6 is 0 Å². The van der Waals surface area contributed by atoms with Crippen molar-refractivity contribution in [1.29, 1.82) is 0 Å². The molecule has 0 amide bonds. The fraction of sp³-hybridized carbons (Fsp3) is 0.500. The molecule has 17 heavy (non-hydrogen) atoms. The Labute approximate surface area is 98.9 Å². The van der Waals surface area contributed by atoms with E-state index < -0.39 is 11.6 Å². The van der Waals surface area contributed by atoms with Gasteiger partial charge in [0.1, 0.15) is 11.6 Å². The highest BCUT2D eigenvalue weighted by atomic mass is 19.1. The van der Waals surface area contributed by atoms with Crippen molar-refractivity contribution in [3.8, 4) is 0 Å². The van der Waals surface area contributed by atoms with Gasteiger partial charge >= 0.3 is 0 Å². The SMILES string of the molecule is NNC(c1cc(F)cc(F)c1)C1CCCOC1. The van der Waals surface area contributed by atoms with E-state index in [1.165, 1.54) is 12.1 Å². The Balaban J connectivity index is 2.21. The van der Waals surface area contributed by atoms with Crippen LogP contribution in [-0.4, -0.2) is 13.2 Å². The maximum Gasteiger partial charge on any atom is 0.126 e. The van der Waals surface area contributed by atoms with Crippen LogP contribution < -0.4 is 11.3 Å². The summed E-state index contributed by atoms with van der Waals surface area (Å²) in [5.41, 5.74) is 3.16. The molecule has 1 aliphatic rings. The van der Waals surface area contributed by atoms with E-state index in [4.69, 9.17) is 10.6 Å². The lowest BCUT2D eigenvalue weighted by Gasteiger charge is -2.30.